The summed E-state index contributed by atoms with van der Waals surface area (Å²) >= 11 is 6.62. The first-order valence-electron chi connectivity index (χ1n) is 17.2. The van der Waals surface area contributed by atoms with Crippen LogP contribution in [-0.2, 0) is 11.8 Å². The van der Waals surface area contributed by atoms with Gasteiger partial charge in [0, 0.05) is 67.9 Å². The van der Waals surface area contributed by atoms with E-state index in [1.54, 1.807) is 30.3 Å². The van der Waals surface area contributed by atoms with Crippen LogP contribution in [0.25, 0.3) is 39.0 Å². The molecule has 266 valence electrons. The molecule has 2 aromatic carbocycles. The maximum atomic E-state index is 16.9. The van der Waals surface area contributed by atoms with Gasteiger partial charge in [0.05, 0.1) is 29.5 Å². The van der Waals surface area contributed by atoms with Crippen molar-refractivity contribution in [1.82, 2.24) is 39.5 Å². The topological polar surface area (TPSA) is 129 Å². The maximum Gasteiger partial charge on any atom is 0.319 e. The minimum absolute atomic E-state index is 0.00533. The number of hydrogen-bond donors (Lipinski definition) is 0. The lowest BCUT2D eigenvalue weighted by molar-refractivity contribution is -0.128. The maximum absolute atomic E-state index is 16.9. The van der Waals surface area contributed by atoms with Crippen LogP contribution < -0.4 is 9.64 Å². The number of halogens is 3. The van der Waals surface area contributed by atoms with E-state index in [1.165, 1.54) is 23.2 Å². The van der Waals surface area contributed by atoms with Gasteiger partial charge in [-0.15, -0.1) is 0 Å². The largest absolute Gasteiger partial charge is 0.461 e. The van der Waals surface area contributed by atoms with Crippen LogP contribution >= 0.6 is 11.6 Å². The van der Waals surface area contributed by atoms with Crippen molar-refractivity contribution in [1.29, 1.82) is 5.26 Å². The highest BCUT2D eigenvalue weighted by molar-refractivity contribution is 6.36. The molecule has 3 aliphatic rings. The number of fused-ring (bicyclic) bond motifs is 3. The van der Waals surface area contributed by atoms with Crippen molar-refractivity contribution < 1.29 is 18.3 Å². The Morgan fingerprint density at radius 3 is 2.81 bits per heavy atom. The third-order valence-electron chi connectivity index (χ3n) is 10.4. The Morgan fingerprint density at radius 1 is 1.15 bits per heavy atom. The molecule has 3 atom stereocenters. The summed E-state index contributed by atoms with van der Waals surface area (Å²) in [5, 5.41) is 16.2. The van der Waals surface area contributed by atoms with E-state index in [-0.39, 0.29) is 49.2 Å². The summed E-state index contributed by atoms with van der Waals surface area (Å²) in [6.07, 6.45) is 7.22. The highest BCUT2D eigenvalue weighted by atomic mass is 35.5. The van der Waals surface area contributed by atoms with Crippen LogP contribution in [0.15, 0.2) is 55.0 Å². The monoisotopic (exact) mass is 724 g/mol. The van der Waals surface area contributed by atoms with Crippen LogP contribution in [0.4, 0.5) is 14.6 Å². The van der Waals surface area contributed by atoms with Crippen molar-refractivity contribution in [3.8, 4) is 23.3 Å². The lowest BCUT2D eigenvalue weighted by Crippen LogP contribution is -2.55. The Hall–Kier alpha value is -5.26. The van der Waals surface area contributed by atoms with Gasteiger partial charge in [0.15, 0.2) is 11.6 Å². The molecule has 52 heavy (non-hydrogen) atoms. The Morgan fingerprint density at radius 2 is 2.00 bits per heavy atom. The number of pyridine rings is 1. The smallest absolute Gasteiger partial charge is 0.319 e. The van der Waals surface area contributed by atoms with Crippen molar-refractivity contribution in [2.75, 3.05) is 44.2 Å². The first-order chi connectivity index (χ1) is 25.2. The van der Waals surface area contributed by atoms with Gasteiger partial charge in [0.1, 0.15) is 36.1 Å². The van der Waals surface area contributed by atoms with Crippen molar-refractivity contribution in [3.05, 3.63) is 71.7 Å². The molecule has 1 amide bonds. The Kier molecular flexibility index (Phi) is 8.92. The average molecular weight is 725 g/mol. The number of benzene rings is 2. The molecular weight excluding hydrogens is 690 g/mol. The molecule has 0 unspecified atom stereocenters. The molecule has 0 saturated carbocycles. The molecule has 15 heteroatoms. The fourth-order valence-electron chi connectivity index (χ4n) is 7.95. The second kappa shape index (κ2) is 13.7. The number of nitrogens with zero attached hydrogens (tertiary/aromatic N) is 10. The van der Waals surface area contributed by atoms with Crippen LogP contribution in [0.5, 0.6) is 6.01 Å². The molecule has 0 radical (unpaired) electrons. The molecule has 0 aliphatic carbocycles. The van der Waals surface area contributed by atoms with Crippen LogP contribution in [0.1, 0.15) is 31.5 Å². The van der Waals surface area contributed by atoms with Gasteiger partial charge in [-0.3, -0.25) is 19.4 Å². The molecule has 6 heterocycles. The van der Waals surface area contributed by atoms with Gasteiger partial charge < -0.3 is 14.5 Å². The molecule has 0 bridgehead atoms. The van der Waals surface area contributed by atoms with E-state index in [9.17, 15) is 14.4 Å². The minimum Gasteiger partial charge on any atom is -0.461 e. The summed E-state index contributed by atoms with van der Waals surface area (Å²) in [5.41, 5.74) is 0.124. The first kappa shape index (κ1) is 33.9. The van der Waals surface area contributed by atoms with Gasteiger partial charge in [-0.05, 0) is 36.9 Å². The van der Waals surface area contributed by atoms with Gasteiger partial charge in [0.2, 0.25) is 5.91 Å². The third kappa shape index (κ3) is 6.17. The van der Waals surface area contributed by atoms with E-state index in [1.807, 2.05) is 29.2 Å². The van der Waals surface area contributed by atoms with Crippen molar-refractivity contribution >= 4 is 51.1 Å². The Balaban J connectivity index is 1.17. The summed E-state index contributed by atoms with van der Waals surface area (Å²) in [6, 6.07) is 12.6. The quantitative estimate of drug-likeness (QED) is 0.193. The van der Waals surface area contributed by atoms with Crippen LogP contribution in [0, 0.1) is 17.1 Å². The predicted octanol–water partition coefficient (Wildman–Crippen LogP) is 5.37. The summed E-state index contributed by atoms with van der Waals surface area (Å²) < 4.78 is 39.3. The molecule has 5 aromatic rings. The SMILES string of the molecule is Cn1cnc(/C=C/C(=O)N2CCN(c3nc(OC[C@@]45CCCN4C[C@H](F)C5)nc4c(F)c(-c5cccc6cccc(Cl)c56)ncc34)C[C@@H]2CC#N)n1. The summed E-state index contributed by atoms with van der Waals surface area (Å²) in [6.45, 7) is 2.16. The number of aromatic nitrogens is 6. The Bertz CT molecular complexity index is 2250. The number of carbonyl (C=O) groups is 1. The molecule has 12 nitrogen and oxygen atoms in total. The number of anilines is 1. The fourth-order valence-corrected chi connectivity index (χ4v) is 8.23. The zero-order chi connectivity index (χ0) is 36.0. The minimum atomic E-state index is -0.943. The van der Waals surface area contributed by atoms with E-state index >= 15 is 4.39 Å². The molecule has 0 N–H and O–H groups in total. The zero-order valence-corrected chi connectivity index (χ0v) is 29.2. The van der Waals surface area contributed by atoms with Gasteiger partial charge in [-0.25, -0.2) is 13.8 Å². The number of nitriles is 1. The number of amides is 1. The number of carbonyl (C=O) groups excluding carboxylic acids is 1. The predicted molar refractivity (Wildman–Crippen MR) is 192 cm³/mol. The molecular formula is C37H35ClF2N10O2. The summed E-state index contributed by atoms with van der Waals surface area (Å²) in [4.78, 5) is 37.2. The number of piperazine rings is 1. The van der Waals surface area contributed by atoms with Crippen LogP contribution in [0.2, 0.25) is 5.02 Å². The van der Waals surface area contributed by atoms with Crippen LogP contribution in [-0.4, -0.2) is 103 Å². The van der Waals surface area contributed by atoms with Crippen molar-refractivity contribution in [2.24, 2.45) is 7.05 Å². The zero-order valence-electron chi connectivity index (χ0n) is 28.4. The first-order valence-corrected chi connectivity index (χ1v) is 17.6. The molecule has 0 spiro atoms. The summed E-state index contributed by atoms with van der Waals surface area (Å²) in [7, 11) is 1.74. The van der Waals surface area contributed by atoms with Gasteiger partial charge in [-0.2, -0.15) is 20.3 Å². The number of aryl methyl sites for hydroxylation is 1. The Labute approximate surface area is 303 Å². The average Bonchev–Trinajstić information content (AvgIpc) is 3.83. The fraction of sp³-hybridized carbons (Fsp3) is 0.378. The number of ether oxygens (including phenoxy) is 1. The van der Waals surface area contributed by atoms with E-state index < -0.39 is 23.6 Å². The highest BCUT2D eigenvalue weighted by Gasteiger charge is 2.49. The highest BCUT2D eigenvalue weighted by Crippen LogP contribution is 2.41. The van der Waals surface area contributed by atoms with Gasteiger partial charge in [-0.1, -0.05) is 41.9 Å². The standard InChI is InChI=1S/C37H35ClF2N10O2/c1-47-22-43-29(46-47)9-10-30(51)50-16-15-48(20-25(50)11-13-41)35-27-18-42-33(26-7-2-5-23-6-3-8-28(38)31(23)26)32(40)34(27)44-36(45-35)52-21-37-12-4-14-49(37)19-24(39)17-37/h2-3,5-10,18,22,24-25H,4,11-12,14-17,19-21H2,1H3/b10-9+/t24-,25+,37+/m1/s1. The molecule has 3 fully saturated rings. The van der Waals surface area contributed by atoms with E-state index in [2.05, 4.69) is 31.0 Å². The molecule has 3 aliphatic heterocycles. The lowest BCUT2D eigenvalue weighted by Gasteiger charge is -2.41. The number of alkyl halides is 1. The van der Waals surface area contributed by atoms with Gasteiger partial charge >= 0.3 is 6.01 Å². The van der Waals surface area contributed by atoms with E-state index in [0.29, 0.717) is 52.5 Å². The summed E-state index contributed by atoms with van der Waals surface area (Å²) in [5.74, 6) is -0.184. The molecule has 3 saturated heterocycles. The third-order valence-corrected chi connectivity index (χ3v) is 10.7. The van der Waals surface area contributed by atoms with Crippen LogP contribution in [0.3, 0.4) is 0 Å². The lowest BCUT2D eigenvalue weighted by atomic mass is 9.95. The van der Waals surface area contributed by atoms with Crippen molar-refractivity contribution in [3.63, 3.8) is 0 Å². The molecule has 3 aromatic heterocycles. The van der Waals surface area contributed by atoms with E-state index in [4.69, 9.17) is 21.3 Å². The molecule has 8 rings (SSSR count). The normalized spacial score (nSPS) is 22.1. The number of hydrogen-bond acceptors (Lipinski definition) is 10. The number of rotatable bonds is 8. The van der Waals surface area contributed by atoms with Gasteiger partial charge in [0.25, 0.3) is 0 Å². The second-order valence-corrected chi connectivity index (χ2v) is 14.0. The second-order valence-electron chi connectivity index (χ2n) is 13.6. The van der Waals surface area contributed by atoms with E-state index in [0.717, 1.165) is 24.8 Å². The van der Waals surface area contributed by atoms with Crippen molar-refractivity contribution in [2.45, 2.75) is 43.4 Å².